The van der Waals surface area contributed by atoms with Crippen molar-refractivity contribution in [3.05, 3.63) is 51.1 Å². The molecule has 1 fully saturated rings. The number of likely N-dealkylation sites (tertiary alicyclic amines) is 1. The summed E-state index contributed by atoms with van der Waals surface area (Å²) in [6.45, 7) is 3.63. The van der Waals surface area contributed by atoms with E-state index in [1.54, 1.807) is 9.47 Å². The number of benzene rings is 1. The van der Waals surface area contributed by atoms with Crippen molar-refractivity contribution in [2.45, 2.75) is 39.2 Å². The van der Waals surface area contributed by atoms with Gasteiger partial charge < -0.3 is 14.8 Å². The standard InChI is InChI=1S/C20H25N3O3S/c1-15-14-27-20(26)23(15)12-6-10-18(24)22-11-5-7-16(13-22)19(25)21-17-8-3-2-4-9-17/h2-4,8-9,14,16H,5-7,10-13H2,1H3,(H,21,25). The van der Waals surface area contributed by atoms with Gasteiger partial charge in [-0.1, -0.05) is 29.5 Å². The predicted octanol–water partition coefficient (Wildman–Crippen LogP) is 2.88. The van der Waals surface area contributed by atoms with E-state index < -0.39 is 0 Å². The number of rotatable bonds is 6. The molecule has 1 unspecified atom stereocenters. The molecule has 3 rings (SSSR count). The van der Waals surface area contributed by atoms with Gasteiger partial charge in [-0.3, -0.25) is 14.4 Å². The Balaban J connectivity index is 1.49. The third-order valence-corrected chi connectivity index (χ3v) is 5.82. The van der Waals surface area contributed by atoms with Gasteiger partial charge >= 0.3 is 4.87 Å². The van der Waals surface area contributed by atoms with Crippen LogP contribution in [0.1, 0.15) is 31.4 Å². The van der Waals surface area contributed by atoms with Crippen LogP contribution in [0.2, 0.25) is 0 Å². The molecule has 6 nitrogen and oxygen atoms in total. The van der Waals surface area contributed by atoms with Crippen molar-refractivity contribution in [3.8, 4) is 0 Å². The van der Waals surface area contributed by atoms with E-state index in [9.17, 15) is 14.4 Å². The first-order valence-corrected chi connectivity index (χ1v) is 10.2. The van der Waals surface area contributed by atoms with Crippen molar-refractivity contribution in [1.29, 1.82) is 0 Å². The van der Waals surface area contributed by atoms with Crippen LogP contribution in [0.4, 0.5) is 5.69 Å². The number of hydrogen-bond donors (Lipinski definition) is 1. The molecule has 0 radical (unpaired) electrons. The number of amides is 2. The number of hydrogen-bond acceptors (Lipinski definition) is 4. The van der Waals surface area contributed by atoms with Crippen LogP contribution in [0.25, 0.3) is 0 Å². The second-order valence-electron chi connectivity index (χ2n) is 6.93. The summed E-state index contributed by atoms with van der Waals surface area (Å²) in [5, 5.41) is 4.77. The third-order valence-electron chi connectivity index (χ3n) is 4.94. The molecule has 7 heteroatoms. The van der Waals surface area contributed by atoms with Crippen LogP contribution >= 0.6 is 11.3 Å². The Morgan fingerprint density at radius 1 is 1.26 bits per heavy atom. The topological polar surface area (TPSA) is 71.4 Å². The van der Waals surface area contributed by atoms with E-state index in [-0.39, 0.29) is 22.6 Å². The molecule has 2 aromatic rings. The van der Waals surface area contributed by atoms with E-state index in [2.05, 4.69) is 5.32 Å². The van der Waals surface area contributed by atoms with Crippen molar-refractivity contribution in [2.75, 3.05) is 18.4 Å². The molecule has 0 bridgehead atoms. The number of anilines is 1. The number of nitrogens with zero attached hydrogens (tertiary/aromatic N) is 2. The number of piperidine rings is 1. The van der Waals surface area contributed by atoms with Crippen LogP contribution in [-0.2, 0) is 16.1 Å². The quantitative estimate of drug-likeness (QED) is 0.828. The van der Waals surface area contributed by atoms with Crippen LogP contribution < -0.4 is 10.2 Å². The zero-order valence-electron chi connectivity index (χ0n) is 15.5. The van der Waals surface area contributed by atoms with Gasteiger partial charge in [-0.05, 0) is 38.3 Å². The maximum absolute atomic E-state index is 12.5. The Kier molecular flexibility index (Phi) is 6.45. The fourth-order valence-corrected chi connectivity index (χ4v) is 4.17. The minimum Gasteiger partial charge on any atom is -0.342 e. The Morgan fingerprint density at radius 2 is 2.04 bits per heavy atom. The van der Waals surface area contributed by atoms with Gasteiger partial charge in [-0.25, -0.2) is 0 Å². The molecule has 1 aliphatic heterocycles. The summed E-state index contributed by atoms with van der Waals surface area (Å²) in [6, 6.07) is 9.39. The van der Waals surface area contributed by atoms with Crippen LogP contribution in [0.15, 0.2) is 40.5 Å². The number of aromatic nitrogens is 1. The lowest BCUT2D eigenvalue weighted by molar-refractivity contribution is -0.134. The smallest absolute Gasteiger partial charge is 0.307 e. The Morgan fingerprint density at radius 3 is 2.74 bits per heavy atom. The van der Waals surface area contributed by atoms with Gasteiger partial charge in [-0.2, -0.15) is 0 Å². The molecule has 27 heavy (non-hydrogen) atoms. The van der Waals surface area contributed by atoms with Crippen LogP contribution in [0.3, 0.4) is 0 Å². The normalized spacial score (nSPS) is 16.9. The second kappa shape index (κ2) is 8.99. The summed E-state index contributed by atoms with van der Waals surface area (Å²) in [5.74, 6) is -0.142. The summed E-state index contributed by atoms with van der Waals surface area (Å²) in [6.07, 6.45) is 2.66. The zero-order chi connectivity index (χ0) is 19.2. The molecule has 144 valence electrons. The Hall–Kier alpha value is -2.41. The minimum atomic E-state index is -0.176. The fraction of sp³-hybridized carbons (Fsp3) is 0.450. The third kappa shape index (κ3) is 5.07. The summed E-state index contributed by atoms with van der Waals surface area (Å²) >= 11 is 1.19. The molecule has 1 aromatic heterocycles. The van der Waals surface area contributed by atoms with Gasteiger partial charge in [0, 0.05) is 42.8 Å². The highest BCUT2D eigenvalue weighted by Gasteiger charge is 2.28. The summed E-state index contributed by atoms with van der Waals surface area (Å²) in [4.78, 5) is 38.6. The number of carbonyl (C=O) groups excluding carboxylic acids is 2. The van der Waals surface area contributed by atoms with E-state index in [0.29, 0.717) is 32.5 Å². The van der Waals surface area contributed by atoms with Gasteiger partial charge in [0.15, 0.2) is 0 Å². The molecule has 2 heterocycles. The summed E-state index contributed by atoms with van der Waals surface area (Å²) in [7, 11) is 0. The summed E-state index contributed by atoms with van der Waals surface area (Å²) < 4.78 is 1.71. The second-order valence-corrected chi connectivity index (χ2v) is 7.75. The predicted molar refractivity (Wildman–Crippen MR) is 107 cm³/mol. The molecule has 0 spiro atoms. The molecule has 2 amide bonds. The van der Waals surface area contributed by atoms with E-state index in [1.165, 1.54) is 11.3 Å². The molecular formula is C20H25N3O3S. The van der Waals surface area contributed by atoms with Crippen molar-refractivity contribution >= 4 is 28.8 Å². The van der Waals surface area contributed by atoms with Crippen molar-refractivity contribution in [2.24, 2.45) is 5.92 Å². The van der Waals surface area contributed by atoms with E-state index in [4.69, 9.17) is 0 Å². The number of carbonyl (C=O) groups is 2. The van der Waals surface area contributed by atoms with Crippen molar-refractivity contribution in [3.63, 3.8) is 0 Å². The van der Waals surface area contributed by atoms with E-state index in [1.807, 2.05) is 42.6 Å². The molecule has 0 saturated carbocycles. The lowest BCUT2D eigenvalue weighted by atomic mass is 9.96. The first-order chi connectivity index (χ1) is 13.0. The SMILES string of the molecule is Cc1csc(=O)n1CCCC(=O)N1CCCC(C(=O)Nc2ccccc2)C1. The monoisotopic (exact) mass is 387 g/mol. The molecule has 1 N–H and O–H groups in total. The molecule has 1 aromatic carbocycles. The Labute approximate surface area is 162 Å². The molecule has 1 atom stereocenters. The van der Waals surface area contributed by atoms with Gasteiger partial charge in [0.25, 0.3) is 0 Å². The van der Waals surface area contributed by atoms with Gasteiger partial charge in [0.1, 0.15) is 0 Å². The highest BCUT2D eigenvalue weighted by Crippen LogP contribution is 2.20. The lowest BCUT2D eigenvalue weighted by Gasteiger charge is -2.32. The van der Waals surface area contributed by atoms with Gasteiger partial charge in [-0.15, -0.1) is 0 Å². The highest BCUT2D eigenvalue weighted by molar-refractivity contribution is 7.07. The molecule has 1 aliphatic rings. The zero-order valence-corrected chi connectivity index (χ0v) is 16.3. The van der Waals surface area contributed by atoms with Crippen molar-refractivity contribution < 1.29 is 9.59 Å². The Bertz CT molecular complexity index is 844. The van der Waals surface area contributed by atoms with E-state index in [0.717, 1.165) is 24.2 Å². The highest BCUT2D eigenvalue weighted by atomic mass is 32.1. The molecule has 1 saturated heterocycles. The number of aryl methyl sites for hydroxylation is 1. The molecular weight excluding hydrogens is 362 g/mol. The first-order valence-electron chi connectivity index (χ1n) is 9.33. The minimum absolute atomic E-state index is 0.0237. The average Bonchev–Trinajstić information content (AvgIpc) is 3.01. The van der Waals surface area contributed by atoms with Crippen molar-refractivity contribution in [1.82, 2.24) is 9.47 Å². The largest absolute Gasteiger partial charge is 0.342 e. The first kappa shape index (κ1) is 19.4. The van der Waals surface area contributed by atoms with Crippen LogP contribution in [-0.4, -0.2) is 34.4 Å². The maximum Gasteiger partial charge on any atom is 0.307 e. The molecule has 0 aliphatic carbocycles. The number of para-hydroxylation sites is 1. The van der Waals surface area contributed by atoms with E-state index >= 15 is 0 Å². The maximum atomic E-state index is 12.5. The number of thiazole rings is 1. The van der Waals surface area contributed by atoms with Gasteiger partial charge in [0.2, 0.25) is 11.8 Å². The van der Waals surface area contributed by atoms with Crippen LogP contribution in [0.5, 0.6) is 0 Å². The fourth-order valence-electron chi connectivity index (χ4n) is 3.40. The number of nitrogens with one attached hydrogen (secondary N) is 1. The van der Waals surface area contributed by atoms with Crippen LogP contribution in [0, 0.1) is 12.8 Å². The summed E-state index contributed by atoms with van der Waals surface area (Å²) in [5.41, 5.74) is 1.72. The van der Waals surface area contributed by atoms with Gasteiger partial charge in [0.05, 0.1) is 5.92 Å². The lowest BCUT2D eigenvalue weighted by Crippen LogP contribution is -2.43. The average molecular weight is 388 g/mol.